The molecule has 1 heterocycles. The number of carbonyl (C=O) groups is 1. The summed E-state index contributed by atoms with van der Waals surface area (Å²) in [5.41, 5.74) is 8.46. The number of carbonyl (C=O) groups excluding carboxylic acids is 1. The minimum Gasteiger partial charge on any atom is -0.325 e. The number of thioether (sulfide) groups is 1. The summed E-state index contributed by atoms with van der Waals surface area (Å²) in [6.45, 7) is 0. The van der Waals surface area contributed by atoms with Gasteiger partial charge in [-0.05, 0) is 36.6 Å². The number of hydrogen-bond donors (Lipinski definition) is 3. The lowest BCUT2D eigenvalue weighted by molar-refractivity contribution is -0.117. The van der Waals surface area contributed by atoms with Crippen LogP contribution in [0.5, 0.6) is 0 Å². The van der Waals surface area contributed by atoms with E-state index in [1.807, 2.05) is 36.6 Å². The van der Waals surface area contributed by atoms with Gasteiger partial charge in [-0.1, -0.05) is 12.1 Å². The largest absolute Gasteiger partial charge is 0.325 e. The molecule has 0 saturated heterocycles. The van der Waals surface area contributed by atoms with Crippen molar-refractivity contribution in [1.82, 2.24) is 10.2 Å². The highest BCUT2D eigenvalue weighted by Crippen LogP contribution is 2.20. The van der Waals surface area contributed by atoms with Crippen molar-refractivity contribution in [2.75, 3.05) is 17.3 Å². The van der Waals surface area contributed by atoms with Crippen LogP contribution in [-0.4, -0.2) is 34.2 Å². The molecule has 1 amide bonds. The van der Waals surface area contributed by atoms with Crippen molar-refractivity contribution in [2.45, 2.75) is 12.5 Å². The minimum absolute atomic E-state index is 0.152. The molecular weight excluding hydrogens is 272 g/mol. The van der Waals surface area contributed by atoms with E-state index in [0.717, 1.165) is 22.7 Å². The molecule has 4 N–H and O–H groups in total. The van der Waals surface area contributed by atoms with Gasteiger partial charge in [-0.2, -0.15) is 16.9 Å². The van der Waals surface area contributed by atoms with Gasteiger partial charge >= 0.3 is 0 Å². The predicted molar refractivity (Wildman–Crippen MR) is 83.6 cm³/mol. The van der Waals surface area contributed by atoms with Crippen LogP contribution in [0.2, 0.25) is 0 Å². The van der Waals surface area contributed by atoms with Gasteiger partial charge < -0.3 is 11.1 Å². The molecule has 106 valence electrons. The number of nitrogens with zero attached hydrogens (tertiary/aromatic N) is 1. The van der Waals surface area contributed by atoms with Crippen LogP contribution < -0.4 is 11.1 Å². The SMILES string of the molecule is CSCC[C@H](N)C(=O)Nc1cccc(-c2ccn[nH]2)c1. The first-order chi connectivity index (χ1) is 9.70. The second kappa shape index (κ2) is 7.12. The summed E-state index contributed by atoms with van der Waals surface area (Å²) in [7, 11) is 0. The van der Waals surface area contributed by atoms with E-state index in [-0.39, 0.29) is 5.91 Å². The van der Waals surface area contributed by atoms with Crippen LogP contribution in [0.15, 0.2) is 36.5 Å². The fraction of sp³-hybridized carbons (Fsp3) is 0.286. The first-order valence-corrected chi connectivity index (χ1v) is 7.75. The Bertz CT molecular complexity index is 556. The Morgan fingerprint density at radius 1 is 1.50 bits per heavy atom. The molecule has 0 spiro atoms. The lowest BCUT2D eigenvalue weighted by Crippen LogP contribution is -2.36. The topological polar surface area (TPSA) is 83.8 Å². The molecule has 2 aromatic rings. The highest BCUT2D eigenvalue weighted by Gasteiger charge is 2.13. The first-order valence-electron chi connectivity index (χ1n) is 6.36. The summed E-state index contributed by atoms with van der Waals surface area (Å²) in [6, 6.07) is 8.99. The number of H-pyrrole nitrogens is 1. The average molecular weight is 290 g/mol. The molecule has 0 saturated carbocycles. The second-order valence-electron chi connectivity index (χ2n) is 4.43. The molecule has 1 aromatic heterocycles. The summed E-state index contributed by atoms with van der Waals surface area (Å²) in [6.07, 6.45) is 4.37. The van der Waals surface area contributed by atoms with Crippen molar-refractivity contribution >= 4 is 23.4 Å². The van der Waals surface area contributed by atoms with Gasteiger partial charge in [0.2, 0.25) is 5.91 Å². The normalized spacial score (nSPS) is 12.1. The molecule has 1 aromatic carbocycles. The molecule has 2 rings (SSSR count). The summed E-state index contributed by atoms with van der Waals surface area (Å²) >= 11 is 1.68. The Balaban J connectivity index is 2.03. The van der Waals surface area contributed by atoms with Crippen molar-refractivity contribution in [1.29, 1.82) is 0 Å². The average Bonchev–Trinajstić information content (AvgIpc) is 2.99. The van der Waals surface area contributed by atoms with E-state index < -0.39 is 6.04 Å². The fourth-order valence-electron chi connectivity index (χ4n) is 1.79. The zero-order chi connectivity index (χ0) is 14.4. The third-order valence-corrected chi connectivity index (χ3v) is 3.56. The van der Waals surface area contributed by atoms with Crippen LogP contribution in [0.4, 0.5) is 5.69 Å². The molecule has 1 atom stereocenters. The number of aromatic nitrogens is 2. The number of benzene rings is 1. The Morgan fingerprint density at radius 2 is 2.35 bits per heavy atom. The Labute approximate surface area is 122 Å². The molecule has 0 radical (unpaired) electrons. The van der Waals surface area contributed by atoms with Crippen LogP contribution in [0.25, 0.3) is 11.3 Å². The maximum absolute atomic E-state index is 12.0. The minimum atomic E-state index is -0.474. The van der Waals surface area contributed by atoms with Crippen molar-refractivity contribution in [3.63, 3.8) is 0 Å². The van der Waals surface area contributed by atoms with Crippen LogP contribution in [0.3, 0.4) is 0 Å². The summed E-state index contributed by atoms with van der Waals surface area (Å²) < 4.78 is 0. The van der Waals surface area contributed by atoms with Crippen LogP contribution in [0.1, 0.15) is 6.42 Å². The molecular formula is C14H18N4OS. The third kappa shape index (κ3) is 3.85. The van der Waals surface area contributed by atoms with Gasteiger partial charge in [-0.25, -0.2) is 0 Å². The Hall–Kier alpha value is -1.79. The van der Waals surface area contributed by atoms with E-state index in [4.69, 9.17) is 5.73 Å². The van der Waals surface area contributed by atoms with Crippen molar-refractivity contribution < 1.29 is 4.79 Å². The summed E-state index contributed by atoms with van der Waals surface area (Å²) in [4.78, 5) is 12.0. The van der Waals surface area contributed by atoms with Gasteiger partial charge in [0.05, 0.1) is 11.7 Å². The van der Waals surface area contributed by atoms with Crippen LogP contribution in [0, 0.1) is 0 Å². The van der Waals surface area contributed by atoms with Crippen molar-refractivity contribution in [3.8, 4) is 11.3 Å². The van der Waals surface area contributed by atoms with E-state index in [2.05, 4.69) is 15.5 Å². The highest BCUT2D eigenvalue weighted by atomic mass is 32.2. The maximum atomic E-state index is 12.0. The van der Waals surface area contributed by atoms with E-state index in [0.29, 0.717) is 6.42 Å². The smallest absolute Gasteiger partial charge is 0.241 e. The molecule has 5 nitrogen and oxygen atoms in total. The third-order valence-electron chi connectivity index (χ3n) is 2.91. The molecule has 0 aliphatic rings. The standard InChI is InChI=1S/C14H18N4OS/c1-20-8-6-12(15)14(19)17-11-4-2-3-10(9-11)13-5-7-16-18-13/h2-5,7,9,12H,6,8,15H2,1H3,(H,16,18)(H,17,19)/t12-/m0/s1. The maximum Gasteiger partial charge on any atom is 0.241 e. The number of rotatable bonds is 6. The number of nitrogens with two attached hydrogens (primary N) is 1. The highest BCUT2D eigenvalue weighted by molar-refractivity contribution is 7.98. The lowest BCUT2D eigenvalue weighted by atomic mass is 10.1. The zero-order valence-corrected chi connectivity index (χ0v) is 12.1. The zero-order valence-electron chi connectivity index (χ0n) is 11.3. The van der Waals surface area contributed by atoms with E-state index in [9.17, 15) is 4.79 Å². The number of amides is 1. The summed E-state index contributed by atoms with van der Waals surface area (Å²) in [5.74, 6) is 0.726. The fourth-order valence-corrected chi connectivity index (χ4v) is 2.28. The molecule has 0 aliphatic carbocycles. The molecule has 0 unspecified atom stereocenters. The first kappa shape index (κ1) is 14.6. The number of anilines is 1. The van der Waals surface area contributed by atoms with Gasteiger partial charge in [-0.15, -0.1) is 0 Å². The molecule has 0 bridgehead atoms. The number of nitrogens with one attached hydrogen (secondary N) is 2. The van der Waals surface area contributed by atoms with Crippen molar-refractivity contribution in [2.24, 2.45) is 5.73 Å². The predicted octanol–water partition coefficient (Wildman–Crippen LogP) is 2.10. The molecule has 20 heavy (non-hydrogen) atoms. The molecule has 0 aliphatic heterocycles. The molecule has 6 heteroatoms. The van der Waals surface area contributed by atoms with Crippen LogP contribution >= 0.6 is 11.8 Å². The summed E-state index contributed by atoms with van der Waals surface area (Å²) in [5, 5.41) is 9.66. The van der Waals surface area contributed by atoms with E-state index >= 15 is 0 Å². The Morgan fingerprint density at radius 3 is 3.05 bits per heavy atom. The van der Waals surface area contributed by atoms with Gasteiger partial charge in [0, 0.05) is 17.4 Å². The van der Waals surface area contributed by atoms with Gasteiger partial charge in [-0.3, -0.25) is 9.89 Å². The van der Waals surface area contributed by atoms with E-state index in [1.54, 1.807) is 18.0 Å². The van der Waals surface area contributed by atoms with Gasteiger partial charge in [0.1, 0.15) is 0 Å². The number of hydrogen-bond acceptors (Lipinski definition) is 4. The quantitative estimate of drug-likeness (QED) is 0.760. The monoisotopic (exact) mass is 290 g/mol. The molecule has 0 fully saturated rings. The van der Waals surface area contributed by atoms with Crippen LogP contribution in [-0.2, 0) is 4.79 Å². The van der Waals surface area contributed by atoms with Gasteiger partial charge in [0.25, 0.3) is 0 Å². The Kier molecular flexibility index (Phi) is 5.20. The lowest BCUT2D eigenvalue weighted by Gasteiger charge is -2.12. The number of aromatic amines is 1. The van der Waals surface area contributed by atoms with Gasteiger partial charge in [0.15, 0.2) is 0 Å². The van der Waals surface area contributed by atoms with Crippen molar-refractivity contribution in [3.05, 3.63) is 36.5 Å². The van der Waals surface area contributed by atoms with E-state index in [1.165, 1.54) is 0 Å². The second-order valence-corrected chi connectivity index (χ2v) is 5.41.